The van der Waals surface area contributed by atoms with Crippen molar-refractivity contribution < 1.29 is 4.74 Å². The summed E-state index contributed by atoms with van der Waals surface area (Å²) in [7, 11) is 0. The highest BCUT2D eigenvalue weighted by molar-refractivity contribution is 6.83. The maximum atomic E-state index is 6.65. The van der Waals surface area contributed by atoms with Gasteiger partial charge in [-0.2, -0.15) is 0 Å². The lowest BCUT2D eigenvalue weighted by Gasteiger charge is -2.67. The van der Waals surface area contributed by atoms with Crippen LogP contribution in [0.2, 0.25) is 0 Å². The van der Waals surface area contributed by atoms with Gasteiger partial charge in [-0.15, -0.1) is 0 Å². The second kappa shape index (κ2) is 11.8. The maximum absolute atomic E-state index is 6.65. The Morgan fingerprint density at radius 2 is 0.703 bits per heavy atom. The highest BCUT2D eigenvalue weighted by atomic mass is 35.6. The molecule has 0 radical (unpaired) electrons. The third-order valence-electron chi connectivity index (χ3n) is 4.66. The number of hydrogen-bond acceptors (Lipinski definition) is 1. The average Bonchev–Trinajstić information content (AvgIpc) is 2.61. The molecule has 1 aliphatic rings. The zero-order valence-corrected chi connectivity index (χ0v) is 33.6. The molecule has 0 bridgehead atoms. The molecule has 222 valence electrons. The zero-order valence-electron chi connectivity index (χ0n) is 15.5. The Kier molecular flexibility index (Phi) is 13.4. The molecule has 1 atom stereocenters. The van der Waals surface area contributed by atoms with Crippen molar-refractivity contribution in [2.45, 2.75) is 52.4 Å². The van der Waals surface area contributed by atoms with Crippen LogP contribution in [0.5, 0.6) is 0 Å². The predicted molar refractivity (Wildman–Crippen MR) is 174 cm³/mol. The van der Waals surface area contributed by atoms with E-state index in [-0.39, 0.29) is 0 Å². The molecular weight excluding hydrogens is 1010 g/mol. The second-order valence-electron chi connectivity index (χ2n) is 6.89. The second-order valence-corrected chi connectivity index (χ2v) is 23.3. The van der Waals surface area contributed by atoms with Crippen LogP contribution in [-0.2, 0) is 4.74 Å². The van der Waals surface area contributed by atoms with Gasteiger partial charge in [0, 0.05) is 0 Å². The molecule has 0 aliphatic carbocycles. The van der Waals surface area contributed by atoms with Crippen molar-refractivity contribution in [1.82, 2.24) is 0 Å². The molecule has 1 heterocycles. The van der Waals surface area contributed by atoms with Gasteiger partial charge >= 0.3 is 0 Å². The summed E-state index contributed by atoms with van der Waals surface area (Å²) < 4.78 is -29.4. The van der Waals surface area contributed by atoms with Crippen LogP contribution >= 0.6 is 278 Å². The molecule has 0 spiro atoms. The number of hydrogen-bond donors (Lipinski definition) is 0. The Morgan fingerprint density at radius 3 is 1.00 bits per heavy atom. The van der Waals surface area contributed by atoms with Gasteiger partial charge in [0.25, 0.3) is 4.52 Å². The molecule has 1 aliphatic heterocycles. The van der Waals surface area contributed by atoms with Crippen molar-refractivity contribution in [3.05, 3.63) is 0 Å². The van der Waals surface area contributed by atoms with E-state index in [2.05, 4.69) is 0 Å². The van der Waals surface area contributed by atoms with Crippen LogP contribution < -0.4 is 0 Å². The molecule has 37 heavy (non-hydrogen) atoms. The van der Waals surface area contributed by atoms with Crippen LogP contribution in [0.3, 0.4) is 0 Å². The molecule has 0 aromatic heterocycles. The van der Waals surface area contributed by atoms with Crippen LogP contribution in [0.25, 0.3) is 0 Å². The minimum atomic E-state index is -3.62. The fraction of sp³-hybridized carbons (Fsp3) is 1.00. The molecule has 1 rings (SSSR count). The van der Waals surface area contributed by atoms with Crippen LogP contribution in [0.1, 0.15) is 0 Å². The van der Waals surface area contributed by atoms with Crippen molar-refractivity contribution in [3.63, 3.8) is 0 Å². The molecule has 0 aromatic carbocycles. The standard InChI is InChI=1S/C12Cl24O/c13-2(14,5(19,20)7(23,24)8(25,26)11(32,33)34)1(4(17,18)10(29,30)31)3(15,16)6(21,22)9(27,28)12(35,36)37-1. The van der Waals surface area contributed by atoms with Gasteiger partial charge in [-0.25, -0.2) is 0 Å². The van der Waals surface area contributed by atoms with Crippen molar-refractivity contribution in [1.29, 1.82) is 0 Å². The SMILES string of the molecule is ClC(Cl)(Cl)C(Cl)(Cl)C(Cl)(Cl)C(Cl)(Cl)C(Cl)(Cl)C1(C(Cl)(Cl)C(Cl)(Cl)Cl)OC(Cl)(Cl)C(Cl)(Cl)C(Cl)(Cl)C1(Cl)Cl. The van der Waals surface area contributed by atoms with Crippen molar-refractivity contribution in [2.75, 3.05) is 0 Å². The summed E-state index contributed by atoms with van der Waals surface area (Å²) in [6.45, 7) is 0. The van der Waals surface area contributed by atoms with Gasteiger partial charge in [0.2, 0.25) is 16.3 Å². The van der Waals surface area contributed by atoms with E-state index in [1.807, 2.05) is 0 Å². The van der Waals surface area contributed by atoms with Crippen LogP contribution in [0.4, 0.5) is 0 Å². The highest BCUT2D eigenvalue weighted by Gasteiger charge is 2.94. The molecule has 1 saturated heterocycles. The Labute approximate surface area is 330 Å². The topological polar surface area (TPSA) is 9.23 Å². The number of ether oxygens (including phenoxy) is 1. The van der Waals surface area contributed by atoms with E-state index in [9.17, 15) is 0 Å². The number of halogens is 24. The van der Waals surface area contributed by atoms with E-state index < -0.39 is 52.4 Å². The fourth-order valence-corrected chi connectivity index (χ4v) is 10.4. The molecule has 1 fully saturated rings. The molecule has 25 heteroatoms. The average molecular weight is 1010 g/mol. The van der Waals surface area contributed by atoms with E-state index in [4.69, 9.17) is 283 Å². The molecule has 0 N–H and O–H groups in total. The third kappa shape index (κ3) is 5.74. The first-order valence-electron chi connectivity index (χ1n) is 7.69. The lowest BCUT2D eigenvalue weighted by atomic mass is 9.81. The highest BCUT2D eigenvalue weighted by Crippen LogP contribution is 2.80. The zero-order chi connectivity index (χ0) is 30.7. The Morgan fingerprint density at radius 1 is 0.351 bits per heavy atom. The van der Waals surface area contributed by atoms with Crippen molar-refractivity contribution in [3.8, 4) is 0 Å². The Hall–Kier alpha value is 6.92. The smallest absolute Gasteiger partial charge is 0.255 e. The molecular formula is C12Cl24O. The first-order chi connectivity index (χ1) is 15.5. The summed E-state index contributed by atoms with van der Waals surface area (Å²) in [6, 6.07) is 0. The van der Waals surface area contributed by atoms with E-state index in [1.165, 1.54) is 0 Å². The molecule has 0 saturated carbocycles. The minimum absolute atomic E-state index is 2.81. The monoisotopic (exact) mass is 999 g/mol. The maximum Gasteiger partial charge on any atom is 0.255 e. The predicted octanol–water partition coefficient (Wildman–Crippen LogP) is 14.0. The lowest BCUT2D eigenvalue weighted by Crippen LogP contribution is -2.87. The minimum Gasteiger partial charge on any atom is -0.327 e. The van der Waals surface area contributed by atoms with E-state index in [1.54, 1.807) is 0 Å². The molecule has 0 aromatic rings. The summed E-state index contributed by atoms with van der Waals surface area (Å²) in [6.07, 6.45) is 0. The van der Waals surface area contributed by atoms with Crippen LogP contribution in [0, 0.1) is 0 Å². The number of rotatable bonds is 5. The van der Waals surface area contributed by atoms with E-state index >= 15 is 0 Å². The Bertz CT molecular complexity index is 888. The van der Waals surface area contributed by atoms with Crippen LogP contribution in [-0.4, -0.2) is 52.4 Å². The van der Waals surface area contributed by atoms with E-state index in [0.717, 1.165) is 0 Å². The van der Waals surface area contributed by atoms with Crippen molar-refractivity contribution in [2.24, 2.45) is 0 Å². The largest absolute Gasteiger partial charge is 0.327 e. The summed E-state index contributed by atoms with van der Waals surface area (Å²) in [5.74, 6) is 0. The fourth-order valence-electron chi connectivity index (χ4n) is 2.63. The van der Waals surface area contributed by atoms with Gasteiger partial charge < -0.3 is 4.74 Å². The van der Waals surface area contributed by atoms with Crippen molar-refractivity contribution >= 4 is 278 Å². The molecule has 1 unspecified atom stereocenters. The van der Waals surface area contributed by atoms with Gasteiger partial charge in [0.05, 0.1) is 0 Å². The summed E-state index contributed by atoms with van der Waals surface area (Å²) >= 11 is 150. The summed E-state index contributed by atoms with van der Waals surface area (Å²) in [5.41, 5.74) is -3.62. The van der Waals surface area contributed by atoms with Gasteiger partial charge in [0.15, 0.2) is 31.6 Å². The van der Waals surface area contributed by atoms with Gasteiger partial charge in [-0.3, -0.25) is 0 Å². The third-order valence-corrected chi connectivity index (χ3v) is 19.5. The lowest BCUT2D eigenvalue weighted by molar-refractivity contribution is -0.149. The normalized spacial score (nSPS) is 27.2. The van der Waals surface area contributed by atoms with E-state index in [0.29, 0.717) is 0 Å². The number of alkyl halides is 24. The summed E-state index contributed by atoms with van der Waals surface area (Å²) in [4.78, 5) is 0. The Balaban J connectivity index is 4.45. The van der Waals surface area contributed by atoms with Gasteiger partial charge in [0.1, 0.15) is 0 Å². The quantitative estimate of drug-likeness (QED) is 0.249. The first-order valence-corrected chi connectivity index (χ1v) is 16.8. The molecule has 0 amide bonds. The first kappa shape index (κ1) is 41.9. The molecule has 1 nitrogen and oxygen atoms in total. The van der Waals surface area contributed by atoms with Gasteiger partial charge in [-0.05, 0) is 0 Å². The van der Waals surface area contributed by atoms with Crippen LogP contribution in [0.15, 0.2) is 0 Å². The summed E-state index contributed by atoms with van der Waals surface area (Å²) in [5, 5.41) is 0. The van der Waals surface area contributed by atoms with Gasteiger partial charge in [-0.1, -0.05) is 278 Å².